The van der Waals surface area contributed by atoms with E-state index < -0.39 is 0 Å². The molecule has 152 valence electrons. The van der Waals surface area contributed by atoms with E-state index in [0.29, 0.717) is 0 Å². The summed E-state index contributed by atoms with van der Waals surface area (Å²) in [6.07, 6.45) is 21.7. The monoisotopic (exact) mass is 370 g/mol. The SMILES string of the molecule is CCCCCCC(C)P(C(C)CCCCCC)C(C)CCCCCC. The molecule has 0 heterocycles. The molecule has 0 aliphatic rings. The minimum absolute atomic E-state index is 0.193. The minimum atomic E-state index is 0.193. The highest BCUT2D eigenvalue weighted by atomic mass is 31.1. The molecule has 1 heteroatoms. The first-order valence-corrected chi connectivity index (χ1v) is 13.4. The normalized spacial score (nSPS) is 16.6. The van der Waals surface area contributed by atoms with Gasteiger partial charge < -0.3 is 0 Å². The number of hydrogen-bond acceptors (Lipinski definition) is 0. The van der Waals surface area contributed by atoms with E-state index in [2.05, 4.69) is 41.5 Å². The first kappa shape index (κ1) is 25.4. The van der Waals surface area contributed by atoms with Crippen LogP contribution in [0.1, 0.15) is 138 Å². The summed E-state index contributed by atoms with van der Waals surface area (Å²) in [6, 6.07) is 0. The minimum Gasteiger partial charge on any atom is -0.0980 e. The Hall–Kier alpha value is 0.430. The van der Waals surface area contributed by atoms with Crippen LogP contribution in [-0.2, 0) is 0 Å². The van der Waals surface area contributed by atoms with Crippen LogP contribution >= 0.6 is 7.92 Å². The van der Waals surface area contributed by atoms with Crippen LogP contribution in [0.4, 0.5) is 0 Å². The zero-order chi connectivity index (χ0) is 18.9. The largest absolute Gasteiger partial charge is 0.0980 e. The summed E-state index contributed by atoms with van der Waals surface area (Å²) in [6.45, 7) is 14.8. The summed E-state index contributed by atoms with van der Waals surface area (Å²) in [5.74, 6) is 0. The van der Waals surface area contributed by atoms with Gasteiger partial charge in [0.25, 0.3) is 0 Å². The van der Waals surface area contributed by atoms with Crippen molar-refractivity contribution in [3.8, 4) is 0 Å². The summed E-state index contributed by atoms with van der Waals surface area (Å²) in [4.78, 5) is 0. The fourth-order valence-electron chi connectivity index (χ4n) is 4.35. The summed E-state index contributed by atoms with van der Waals surface area (Å²) in [7, 11) is 0.193. The number of rotatable bonds is 18. The van der Waals surface area contributed by atoms with Gasteiger partial charge in [-0.25, -0.2) is 0 Å². The van der Waals surface area contributed by atoms with Crippen LogP contribution in [0.5, 0.6) is 0 Å². The van der Waals surface area contributed by atoms with Crippen molar-refractivity contribution in [2.24, 2.45) is 0 Å². The highest BCUT2D eigenvalue weighted by Gasteiger charge is 2.27. The quantitative estimate of drug-likeness (QED) is 0.166. The van der Waals surface area contributed by atoms with E-state index >= 15 is 0 Å². The maximum atomic E-state index is 2.60. The van der Waals surface area contributed by atoms with Gasteiger partial charge in [0, 0.05) is 0 Å². The third kappa shape index (κ3) is 13.3. The summed E-state index contributed by atoms with van der Waals surface area (Å²) in [5, 5.41) is 0. The fourth-order valence-corrected chi connectivity index (χ4v) is 8.40. The van der Waals surface area contributed by atoms with Crippen LogP contribution < -0.4 is 0 Å². The van der Waals surface area contributed by atoms with Gasteiger partial charge in [-0.3, -0.25) is 0 Å². The van der Waals surface area contributed by atoms with Crippen LogP contribution in [-0.4, -0.2) is 17.0 Å². The molecule has 0 rings (SSSR count). The topological polar surface area (TPSA) is 0 Å². The van der Waals surface area contributed by atoms with Crippen molar-refractivity contribution in [1.82, 2.24) is 0 Å². The lowest BCUT2D eigenvalue weighted by Crippen LogP contribution is -2.18. The maximum absolute atomic E-state index is 2.60. The van der Waals surface area contributed by atoms with E-state index in [1.54, 1.807) is 0 Å². The number of hydrogen-bond donors (Lipinski definition) is 0. The van der Waals surface area contributed by atoms with Crippen molar-refractivity contribution in [1.29, 1.82) is 0 Å². The Morgan fingerprint density at radius 2 is 0.720 bits per heavy atom. The molecule has 0 nitrogen and oxygen atoms in total. The van der Waals surface area contributed by atoms with Gasteiger partial charge in [0.05, 0.1) is 0 Å². The lowest BCUT2D eigenvalue weighted by Gasteiger charge is -2.36. The predicted octanol–water partition coefficient (Wildman–Crippen LogP) is 9.54. The molecule has 0 aromatic carbocycles. The van der Waals surface area contributed by atoms with Crippen molar-refractivity contribution < 1.29 is 0 Å². The molecule has 0 radical (unpaired) electrons. The molecule has 0 spiro atoms. The molecule has 0 aliphatic heterocycles. The van der Waals surface area contributed by atoms with Gasteiger partial charge >= 0.3 is 0 Å². The Morgan fingerprint density at radius 1 is 0.440 bits per heavy atom. The lowest BCUT2D eigenvalue weighted by atomic mass is 10.1. The van der Waals surface area contributed by atoms with E-state index in [0.717, 1.165) is 17.0 Å². The number of unbranched alkanes of at least 4 members (excludes halogenated alkanes) is 9. The van der Waals surface area contributed by atoms with Crippen molar-refractivity contribution in [3.05, 3.63) is 0 Å². The first-order chi connectivity index (χ1) is 12.1. The van der Waals surface area contributed by atoms with E-state index in [4.69, 9.17) is 0 Å². The van der Waals surface area contributed by atoms with Crippen molar-refractivity contribution in [2.75, 3.05) is 0 Å². The Balaban J connectivity index is 4.49. The fraction of sp³-hybridized carbons (Fsp3) is 1.00. The molecule has 0 fully saturated rings. The molecule has 3 atom stereocenters. The molecular formula is C24H51P. The molecule has 0 amide bonds. The molecule has 0 aromatic rings. The second kappa shape index (κ2) is 17.8. The van der Waals surface area contributed by atoms with Crippen molar-refractivity contribution in [3.63, 3.8) is 0 Å². The van der Waals surface area contributed by atoms with Crippen LogP contribution in [0.15, 0.2) is 0 Å². The predicted molar refractivity (Wildman–Crippen MR) is 122 cm³/mol. The second-order valence-corrected chi connectivity index (χ2v) is 12.1. The van der Waals surface area contributed by atoms with Crippen molar-refractivity contribution >= 4 is 7.92 Å². The summed E-state index contributed by atoms with van der Waals surface area (Å²) < 4.78 is 0. The molecule has 0 aliphatic carbocycles. The molecule has 0 N–H and O–H groups in total. The zero-order valence-corrected chi connectivity index (χ0v) is 19.7. The van der Waals surface area contributed by atoms with Crippen LogP contribution in [0, 0.1) is 0 Å². The molecule has 0 saturated carbocycles. The van der Waals surface area contributed by atoms with E-state index in [1.807, 2.05) is 0 Å². The van der Waals surface area contributed by atoms with Crippen LogP contribution in [0.2, 0.25) is 0 Å². The maximum Gasteiger partial charge on any atom is -0.0233 e. The third-order valence-electron chi connectivity index (χ3n) is 5.95. The molecule has 0 saturated heterocycles. The highest BCUT2D eigenvalue weighted by molar-refractivity contribution is 7.59. The summed E-state index contributed by atoms with van der Waals surface area (Å²) in [5.41, 5.74) is 2.94. The van der Waals surface area contributed by atoms with Crippen molar-refractivity contribution in [2.45, 2.75) is 155 Å². The standard InChI is InChI=1S/C24H51P/c1-7-10-13-16-19-22(4)25(23(5)20-17-14-11-8-2)24(6)21-18-15-12-9-3/h22-24H,7-21H2,1-6H3. The second-order valence-electron chi connectivity index (χ2n) is 8.54. The van der Waals surface area contributed by atoms with Crippen LogP contribution in [0.25, 0.3) is 0 Å². The average Bonchev–Trinajstić information content (AvgIpc) is 2.59. The third-order valence-corrected chi connectivity index (χ3v) is 9.78. The van der Waals surface area contributed by atoms with Gasteiger partial charge in [0.2, 0.25) is 0 Å². The lowest BCUT2D eigenvalue weighted by molar-refractivity contribution is 0.595. The van der Waals surface area contributed by atoms with Crippen LogP contribution in [0.3, 0.4) is 0 Å². The highest BCUT2D eigenvalue weighted by Crippen LogP contribution is 2.55. The Labute approximate surface area is 163 Å². The van der Waals surface area contributed by atoms with Gasteiger partial charge in [0.15, 0.2) is 0 Å². The van der Waals surface area contributed by atoms with Gasteiger partial charge in [-0.15, -0.1) is 0 Å². The Bertz CT molecular complexity index is 220. The molecule has 0 bridgehead atoms. The van der Waals surface area contributed by atoms with E-state index in [1.165, 1.54) is 96.3 Å². The smallest absolute Gasteiger partial charge is 0.0233 e. The Morgan fingerprint density at radius 3 is 0.960 bits per heavy atom. The molecule has 25 heavy (non-hydrogen) atoms. The average molecular weight is 371 g/mol. The van der Waals surface area contributed by atoms with Gasteiger partial charge in [-0.1, -0.05) is 127 Å². The van der Waals surface area contributed by atoms with Gasteiger partial charge in [-0.2, -0.15) is 0 Å². The molecule has 3 unspecified atom stereocenters. The van der Waals surface area contributed by atoms with E-state index in [-0.39, 0.29) is 7.92 Å². The summed E-state index contributed by atoms with van der Waals surface area (Å²) >= 11 is 0. The van der Waals surface area contributed by atoms with E-state index in [9.17, 15) is 0 Å². The first-order valence-electron chi connectivity index (χ1n) is 11.9. The molecule has 0 aromatic heterocycles. The molecular weight excluding hydrogens is 319 g/mol. The Kier molecular flexibility index (Phi) is 18.1. The van der Waals surface area contributed by atoms with Gasteiger partial charge in [-0.05, 0) is 36.2 Å². The zero-order valence-electron chi connectivity index (χ0n) is 18.8. The van der Waals surface area contributed by atoms with Gasteiger partial charge in [0.1, 0.15) is 0 Å².